The second kappa shape index (κ2) is 4.81. The molecular formula is C21H17FN2O2. The maximum atomic E-state index is 13.7. The third-order valence-electron chi connectivity index (χ3n) is 5.71. The van der Waals surface area contributed by atoms with Crippen molar-refractivity contribution < 1.29 is 14.0 Å². The number of aromatic nitrogens is 1. The van der Waals surface area contributed by atoms with E-state index in [1.165, 1.54) is 12.1 Å². The van der Waals surface area contributed by atoms with E-state index >= 15 is 0 Å². The van der Waals surface area contributed by atoms with Crippen molar-refractivity contribution in [1.82, 2.24) is 4.57 Å². The molecule has 130 valence electrons. The van der Waals surface area contributed by atoms with Crippen molar-refractivity contribution in [2.75, 3.05) is 4.90 Å². The number of carbonyl (C=O) groups excluding carboxylic acids is 2. The Balaban J connectivity index is 1.94. The molecule has 2 aromatic carbocycles. The molecule has 0 bridgehead atoms. The molecule has 1 saturated heterocycles. The highest BCUT2D eigenvalue weighted by atomic mass is 19.1. The molecule has 0 N–H and O–H groups in total. The highest BCUT2D eigenvalue weighted by Crippen LogP contribution is 2.47. The zero-order valence-corrected chi connectivity index (χ0v) is 14.5. The Hall–Kier alpha value is -2.95. The average molecular weight is 348 g/mol. The van der Waals surface area contributed by atoms with Crippen molar-refractivity contribution in [1.29, 1.82) is 0 Å². The lowest BCUT2D eigenvalue weighted by Gasteiger charge is -2.34. The molecular weight excluding hydrogens is 331 g/mol. The Kier molecular flexibility index (Phi) is 2.84. The third kappa shape index (κ3) is 1.77. The molecule has 5 heteroatoms. The van der Waals surface area contributed by atoms with Crippen LogP contribution in [0.3, 0.4) is 0 Å². The third-order valence-corrected chi connectivity index (χ3v) is 5.71. The van der Waals surface area contributed by atoms with Gasteiger partial charge < -0.3 is 4.90 Å². The zero-order chi connectivity index (χ0) is 18.2. The second-order valence-electron chi connectivity index (χ2n) is 7.40. The SMILES string of the molecule is Cc1ccc2c(c1)C(=O)n1c(cc3cc(F)ccc31)C1(C)CCC(=O)N21. The number of nitrogens with zero attached hydrogens (tertiary/aromatic N) is 2. The maximum absolute atomic E-state index is 13.7. The number of halogens is 1. The van der Waals surface area contributed by atoms with E-state index < -0.39 is 5.54 Å². The van der Waals surface area contributed by atoms with E-state index in [9.17, 15) is 14.0 Å². The maximum Gasteiger partial charge on any atom is 0.264 e. The van der Waals surface area contributed by atoms with Gasteiger partial charge in [-0.05, 0) is 56.7 Å². The average Bonchev–Trinajstić information content (AvgIpc) is 3.11. The second-order valence-corrected chi connectivity index (χ2v) is 7.40. The normalized spacial score (nSPS) is 21.6. The van der Waals surface area contributed by atoms with Crippen molar-refractivity contribution in [2.24, 2.45) is 0 Å². The fourth-order valence-electron chi connectivity index (χ4n) is 4.43. The van der Waals surface area contributed by atoms with Crippen LogP contribution in [-0.2, 0) is 10.3 Å². The van der Waals surface area contributed by atoms with E-state index in [0.29, 0.717) is 35.0 Å². The van der Waals surface area contributed by atoms with Crippen LogP contribution in [0.4, 0.5) is 10.1 Å². The molecule has 3 heterocycles. The lowest BCUT2D eigenvalue weighted by Crippen LogP contribution is -2.41. The summed E-state index contributed by atoms with van der Waals surface area (Å²) >= 11 is 0. The summed E-state index contributed by atoms with van der Waals surface area (Å²) in [6.07, 6.45) is 1.04. The first-order chi connectivity index (χ1) is 12.4. The van der Waals surface area contributed by atoms with E-state index in [1.54, 1.807) is 15.5 Å². The number of hydrogen-bond donors (Lipinski definition) is 0. The van der Waals surface area contributed by atoms with Crippen molar-refractivity contribution in [3.8, 4) is 0 Å². The molecule has 1 fully saturated rings. The molecule has 1 atom stereocenters. The summed E-state index contributed by atoms with van der Waals surface area (Å²) < 4.78 is 15.4. The van der Waals surface area contributed by atoms with E-state index in [-0.39, 0.29) is 17.6 Å². The molecule has 3 aromatic rings. The van der Waals surface area contributed by atoms with Gasteiger partial charge in [0.25, 0.3) is 5.91 Å². The number of hydrogen-bond acceptors (Lipinski definition) is 2. The first kappa shape index (κ1) is 15.3. The summed E-state index contributed by atoms with van der Waals surface area (Å²) in [5.41, 5.74) is 2.89. The van der Waals surface area contributed by atoms with Crippen molar-refractivity contribution >= 4 is 28.4 Å². The van der Waals surface area contributed by atoms with Crippen LogP contribution < -0.4 is 4.90 Å². The van der Waals surface area contributed by atoms with Gasteiger partial charge in [0.15, 0.2) is 0 Å². The first-order valence-corrected chi connectivity index (χ1v) is 8.70. The Bertz CT molecular complexity index is 1130. The van der Waals surface area contributed by atoms with E-state index in [2.05, 4.69) is 0 Å². The predicted molar refractivity (Wildman–Crippen MR) is 96.9 cm³/mol. The number of benzene rings is 2. The minimum Gasteiger partial charge on any atom is -0.300 e. The summed E-state index contributed by atoms with van der Waals surface area (Å²) in [4.78, 5) is 28.0. The number of aryl methyl sites for hydroxylation is 1. The number of rotatable bonds is 0. The van der Waals surface area contributed by atoms with Gasteiger partial charge in [-0.25, -0.2) is 4.39 Å². The van der Waals surface area contributed by atoms with Crippen LogP contribution in [0.1, 0.15) is 41.4 Å². The van der Waals surface area contributed by atoms with Crippen LogP contribution in [-0.4, -0.2) is 16.4 Å². The lowest BCUT2D eigenvalue weighted by atomic mass is 9.94. The molecule has 0 aliphatic carbocycles. The number of fused-ring (bicyclic) bond motifs is 7. The molecule has 0 radical (unpaired) electrons. The predicted octanol–water partition coefficient (Wildman–Crippen LogP) is 4.13. The van der Waals surface area contributed by atoms with Crippen LogP contribution in [0.25, 0.3) is 10.9 Å². The van der Waals surface area contributed by atoms with E-state index in [0.717, 1.165) is 11.3 Å². The summed E-state index contributed by atoms with van der Waals surface area (Å²) in [5, 5.41) is 0.671. The molecule has 1 unspecified atom stereocenters. The van der Waals surface area contributed by atoms with Crippen LogP contribution in [0.2, 0.25) is 0 Å². The summed E-state index contributed by atoms with van der Waals surface area (Å²) in [6, 6.07) is 11.9. The largest absolute Gasteiger partial charge is 0.300 e. The van der Waals surface area contributed by atoms with Gasteiger partial charge in [-0.1, -0.05) is 11.6 Å². The Morgan fingerprint density at radius 2 is 1.88 bits per heavy atom. The Morgan fingerprint density at radius 1 is 1.08 bits per heavy atom. The molecule has 5 rings (SSSR count). The van der Waals surface area contributed by atoms with Crippen LogP contribution in [0, 0.1) is 12.7 Å². The summed E-state index contributed by atoms with van der Waals surface area (Å²) in [7, 11) is 0. The van der Waals surface area contributed by atoms with Crippen LogP contribution in [0.5, 0.6) is 0 Å². The smallest absolute Gasteiger partial charge is 0.264 e. The van der Waals surface area contributed by atoms with E-state index in [1.807, 2.05) is 38.1 Å². The Morgan fingerprint density at radius 3 is 2.69 bits per heavy atom. The minimum atomic E-state index is -0.636. The molecule has 2 aliphatic rings. The van der Waals surface area contributed by atoms with Crippen LogP contribution in [0.15, 0.2) is 42.5 Å². The quantitative estimate of drug-likeness (QED) is 0.613. The highest BCUT2D eigenvalue weighted by molar-refractivity contribution is 6.12. The fraction of sp³-hybridized carbons (Fsp3) is 0.238. The summed E-state index contributed by atoms with van der Waals surface area (Å²) in [5.74, 6) is -0.509. The van der Waals surface area contributed by atoms with Gasteiger partial charge in [0.05, 0.1) is 28.0 Å². The van der Waals surface area contributed by atoms with Crippen molar-refractivity contribution in [3.05, 3.63) is 65.1 Å². The van der Waals surface area contributed by atoms with Crippen molar-refractivity contribution in [3.63, 3.8) is 0 Å². The molecule has 26 heavy (non-hydrogen) atoms. The molecule has 1 amide bonds. The zero-order valence-electron chi connectivity index (χ0n) is 14.5. The van der Waals surface area contributed by atoms with Crippen molar-refractivity contribution in [2.45, 2.75) is 32.2 Å². The van der Waals surface area contributed by atoms with Gasteiger partial charge in [0, 0.05) is 11.8 Å². The van der Waals surface area contributed by atoms with Crippen LogP contribution >= 0.6 is 0 Å². The van der Waals surface area contributed by atoms with Gasteiger partial charge in [0.2, 0.25) is 5.91 Å². The van der Waals surface area contributed by atoms with Gasteiger partial charge in [0.1, 0.15) is 5.82 Å². The molecule has 4 nitrogen and oxygen atoms in total. The number of amides is 1. The minimum absolute atomic E-state index is 0.00953. The first-order valence-electron chi connectivity index (χ1n) is 8.70. The molecule has 2 aliphatic heterocycles. The fourth-order valence-corrected chi connectivity index (χ4v) is 4.43. The van der Waals surface area contributed by atoms with Gasteiger partial charge in [-0.2, -0.15) is 0 Å². The number of carbonyl (C=O) groups is 2. The monoisotopic (exact) mass is 348 g/mol. The molecule has 0 spiro atoms. The molecule has 0 saturated carbocycles. The topological polar surface area (TPSA) is 42.3 Å². The standard InChI is InChI=1S/C21H17FN2O2/c1-12-3-5-17-15(9-12)20(26)23-16-6-4-14(22)10-13(16)11-18(23)21(2)8-7-19(25)24(17)21/h3-6,9-11H,7-8H2,1-2H3. The van der Waals surface area contributed by atoms with Gasteiger partial charge in [-0.3, -0.25) is 14.2 Å². The molecule has 1 aromatic heterocycles. The summed E-state index contributed by atoms with van der Waals surface area (Å²) in [6.45, 7) is 3.91. The van der Waals surface area contributed by atoms with Gasteiger partial charge in [-0.15, -0.1) is 0 Å². The Labute approximate surface area is 149 Å². The lowest BCUT2D eigenvalue weighted by molar-refractivity contribution is -0.117. The van der Waals surface area contributed by atoms with Gasteiger partial charge >= 0.3 is 0 Å². The highest BCUT2D eigenvalue weighted by Gasteiger charge is 2.49. The van der Waals surface area contributed by atoms with E-state index in [4.69, 9.17) is 0 Å². The number of anilines is 1.